The third-order valence-corrected chi connectivity index (χ3v) is 4.81. The van der Waals surface area contributed by atoms with E-state index in [4.69, 9.17) is 16.3 Å². The number of benzene rings is 2. The van der Waals surface area contributed by atoms with Crippen molar-refractivity contribution >= 4 is 29.1 Å². The topological polar surface area (TPSA) is 58.6 Å². The van der Waals surface area contributed by atoms with Gasteiger partial charge in [-0.2, -0.15) is 0 Å². The van der Waals surface area contributed by atoms with Gasteiger partial charge in [-0.05, 0) is 36.2 Å². The van der Waals surface area contributed by atoms with Crippen molar-refractivity contribution in [2.75, 3.05) is 12.4 Å². The van der Waals surface area contributed by atoms with E-state index < -0.39 is 6.04 Å². The van der Waals surface area contributed by atoms with Gasteiger partial charge in [0.2, 0.25) is 5.91 Å². The van der Waals surface area contributed by atoms with Crippen LogP contribution in [0.4, 0.5) is 5.69 Å². The molecule has 26 heavy (non-hydrogen) atoms. The molecule has 0 spiro atoms. The van der Waals surface area contributed by atoms with E-state index in [1.807, 2.05) is 31.2 Å². The Hall–Kier alpha value is -2.53. The molecule has 0 radical (unpaired) electrons. The van der Waals surface area contributed by atoms with Crippen molar-refractivity contribution in [2.45, 2.75) is 32.4 Å². The number of rotatable bonds is 6. The van der Waals surface area contributed by atoms with Gasteiger partial charge in [0.15, 0.2) is 0 Å². The van der Waals surface area contributed by atoms with Crippen LogP contribution in [0.15, 0.2) is 42.5 Å². The summed E-state index contributed by atoms with van der Waals surface area (Å²) in [5.41, 5.74) is 2.21. The smallest absolute Gasteiger partial charge is 0.255 e. The number of nitrogens with zero attached hydrogens (tertiary/aromatic N) is 1. The molecule has 1 aliphatic heterocycles. The van der Waals surface area contributed by atoms with E-state index >= 15 is 0 Å². The first kappa shape index (κ1) is 18.3. The monoisotopic (exact) mass is 372 g/mol. The lowest BCUT2D eigenvalue weighted by molar-refractivity contribution is -0.120. The largest absolute Gasteiger partial charge is 0.495 e. The summed E-state index contributed by atoms with van der Waals surface area (Å²) in [4.78, 5) is 27.2. The summed E-state index contributed by atoms with van der Waals surface area (Å²) in [6.07, 6.45) is 1.39. The quantitative estimate of drug-likeness (QED) is 0.830. The molecular weight excluding hydrogens is 352 g/mol. The minimum atomic E-state index is -0.527. The molecule has 0 aliphatic carbocycles. The summed E-state index contributed by atoms with van der Waals surface area (Å²) in [7, 11) is 1.54. The van der Waals surface area contributed by atoms with Crippen LogP contribution in [0.3, 0.4) is 0 Å². The molecular formula is C20H21ClN2O3. The van der Waals surface area contributed by atoms with E-state index in [1.165, 1.54) is 7.11 Å². The van der Waals surface area contributed by atoms with Crippen LogP contribution < -0.4 is 10.1 Å². The average molecular weight is 373 g/mol. The number of hydrogen-bond acceptors (Lipinski definition) is 3. The Kier molecular flexibility index (Phi) is 5.47. The first-order valence-electron chi connectivity index (χ1n) is 8.58. The lowest BCUT2D eigenvalue weighted by atomic mass is 10.1. The second-order valence-corrected chi connectivity index (χ2v) is 6.64. The standard InChI is InChI=1S/C20H21ClN2O3/c1-3-6-17(23-12-13-7-4-5-8-15(13)20(23)25)19(24)22-14-9-10-18(26-2)16(21)11-14/h4-5,7-11,17H,3,6,12H2,1-2H3,(H,22,24)/t17-/m0/s1. The number of hydrogen-bond donors (Lipinski definition) is 1. The van der Waals surface area contributed by atoms with Gasteiger partial charge in [-0.3, -0.25) is 9.59 Å². The van der Waals surface area contributed by atoms with E-state index in [-0.39, 0.29) is 11.8 Å². The maximum atomic E-state index is 12.9. The van der Waals surface area contributed by atoms with Crippen molar-refractivity contribution in [2.24, 2.45) is 0 Å². The van der Waals surface area contributed by atoms with Crippen molar-refractivity contribution in [1.82, 2.24) is 4.90 Å². The highest BCUT2D eigenvalue weighted by atomic mass is 35.5. The van der Waals surface area contributed by atoms with E-state index in [0.717, 1.165) is 12.0 Å². The van der Waals surface area contributed by atoms with Gasteiger partial charge in [0.05, 0.1) is 12.1 Å². The molecule has 0 aromatic heterocycles. The lowest BCUT2D eigenvalue weighted by Gasteiger charge is -2.26. The van der Waals surface area contributed by atoms with Crippen molar-refractivity contribution in [3.63, 3.8) is 0 Å². The zero-order valence-electron chi connectivity index (χ0n) is 14.8. The Morgan fingerprint density at radius 3 is 2.73 bits per heavy atom. The summed E-state index contributed by atoms with van der Waals surface area (Å²) in [5, 5.41) is 3.29. The van der Waals surface area contributed by atoms with Crippen LogP contribution in [0.25, 0.3) is 0 Å². The van der Waals surface area contributed by atoms with Crippen LogP contribution in [-0.2, 0) is 11.3 Å². The van der Waals surface area contributed by atoms with Gasteiger partial charge in [-0.25, -0.2) is 0 Å². The van der Waals surface area contributed by atoms with E-state index in [2.05, 4.69) is 5.32 Å². The maximum absolute atomic E-state index is 12.9. The fourth-order valence-electron chi connectivity index (χ4n) is 3.20. The highest BCUT2D eigenvalue weighted by molar-refractivity contribution is 6.32. The number of fused-ring (bicyclic) bond motifs is 1. The van der Waals surface area contributed by atoms with Crippen molar-refractivity contribution < 1.29 is 14.3 Å². The third kappa shape index (κ3) is 3.53. The Morgan fingerprint density at radius 2 is 2.08 bits per heavy atom. The number of ether oxygens (including phenoxy) is 1. The first-order chi connectivity index (χ1) is 12.5. The predicted octanol–water partition coefficient (Wildman–Crippen LogP) is 4.11. The highest BCUT2D eigenvalue weighted by Crippen LogP contribution is 2.29. The average Bonchev–Trinajstić information content (AvgIpc) is 2.96. The molecule has 0 bridgehead atoms. The van der Waals surface area contributed by atoms with Crippen LogP contribution >= 0.6 is 11.6 Å². The Bertz CT molecular complexity index is 838. The molecule has 1 heterocycles. The fraction of sp³-hybridized carbons (Fsp3) is 0.300. The summed E-state index contributed by atoms with van der Waals surface area (Å²) in [6, 6.07) is 12.0. The molecule has 0 saturated carbocycles. The molecule has 1 aliphatic rings. The summed E-state index contributed by atoms with van der Waals surface area (Å²) in [6.45, 7) is 2.45. The number of amides is 2. The molecule has 136 valence electrons. The summed E-state index contributed by atoms with van der Waals surface area (Å²) in [5.74, 6) is 0.233. The molecule has 2 aromatic rings. The SMILES string of the molecule is CCC[C@@H](C(=O)Nc1ccc(OC)c(Cl)c1)N1Cc2ccccc2C1=O. The Labute approximate surface area is 157 Å². The zero-order valence-corrected chi connectivity index (χ0v) is 15.5. The lowest BCUT2D eigenvalue weighted by Crippen LogP contribution is -2.44. The van der Waals surface area contributed by atoms with E-state index in [9.17, 15) is 9.59 Å². The molecule has 1 atom stereocenters. The molecule has 0 saturated heterocycles. The van der Waals surface area contributed by atoms with Crippen LogP contribution in [0.2, 0.25) is 5.02 Å². The predicted molar refractivity (Wildman–Crippen MR) is 102 cm³/mol. The van der Waals surface area contributed by atoms with Gasteiger partial charge in [0.25, 0.3) is 5.91 Å². The molecule has 5 nitrogen and oxygen atoms in total. The van der Waals surface area contributed by atoms with Gasteiger partial charge >= 0.3 is 0 Å². The molecule has 1 N–H and O–H groups in total. The minimum absolute atomic E-state index is 0.0954. The zero-order chi connectivity index (χ0) is 18.7. The van der Waals surface area contributed by atoms with Crippen LogP contribution in [0.5, 0.6) is 5.75 Å². The molecule has 6 heteroatoms. The Balaban J connectivity index is 1.79. The first-order valence-corrected chi connectivity index (χ1v) is 8.96. The van der Waals surface area contributed by atoms with Gasteiger partial charge in [-0.15, -0.1) is 0 Å². The van der Waals surface area contributed by atoms with Gasteiger partial charge in [-0.1, -0.05) is 43.1 Å². The number of carbonyl (C=O) groups excluding carboxylic acids is 2. The summed E-state index contributed by atoms with van der Waals surface area (Å²) >= 11 is 6.12. The molecule has 2 amide bonds. The normalized spacial score (nSPS) is 14.1. The number of methoxy groups -OCH3 is 1. The van der Waals surface area contributed by atoms with Crippen LogP contribution in [0, 0.1) is 0 Å². The van der Waals surface area contributed by atoms with Gasteiger partial charge in [0, 0.05) is 17.8 Å². The van der Waals surface area contributed by atoms with Gasteiger partial charge in [0.1, 0.15) is 11.8 Å². The molecule has 0 unspecified atom stereocenters. The second-order valence-electron chi connectivity index (χ2n) is 6.23. The molecule has 3 rings (SSSR count). The van der Waals surface area contributed by atoms with Crippen molar-refractivity contribution in [3.8, 4) is 5.75 Å². The minimum Gasteiger partial charge on any atom is -0.495 e. The third-order valence-electron chi connectivity index (χ3n) is 4.51. The fourth-order valence-corrected chi connectivity index (χ4v) is 3.46. The summed E-state index contributed by atoms with van der Waals surface area (Å²) < 4.78 is 5.12. The molecule has 2 aromatic carbocycles. The van der Waals surface area contributed by atoms with Gasteiger partial charge < -0.3 is 15.0 Å². The number of carbonyl (C=O) groups is 2. The van der Waals surface area contributed by atoms with Crippen LogP contribution in [0.1, 0.15) is 35.7 Å². The number of halogens is 1. The van der Waals surface area contributed by atoms with Crippen molar-refractivity contribution in [3.05, 3.63) is 58.6 Å². The number of anilines is 1. The highest BCUT2D eigenvalue weighted by Gasteiger charge is 2.35. The van der Waals surface area contributed by atoms with E-state index in [0.29, 0.717) is 35.0 Å². The Morgan fingerprint density at radius 1 is 1.31 bits per heavy atom. The second kappa shape index (κ2) is 7.79. The molecule has 0 fully saturated rings. The van der Waals surface area contributed by atoms with Crippen molar-refractivity contribution in [1.29, 1.82) is 0 Å². The number of nitrogens with one attached hydrogen (secondary N) is 1. The maximum Gasteiger partial charge on any atom is 0.255 e. The van der Waals surface area contributed by atoms with Crippen LogP contribution in [-0.4, -0.2) is 29.9 Å². The van der Waals surface area contributed by atoms with E-state index in [1.54, 1.807) is 23.1 Å².